The van der Waals surface area contributed by atoms with E-state index >= 15 is 0 Å². The molecule has 8 heteroatoms. The highest BCUT2D eigenvalue weighted by Gasteiger charge is 2.20. The molecular formula is C18H14ClN5O2. The van der Waals surface area contributed by atoms with Crippen LogP contribution in [0.25, 0.3) is 17.0 Å². The van der Waals surface area contributed by atoms with Gasteiger partial charge in [-0.3, -0.25) is 9.20 Å². The zero-order valence-corrected chi connectivity index (χ0v) is 14.5. The molecule has 0 saturated heterocycles. The topological polar surface area (TPSA) is 85.3 Å². The standard InChI is InChI=1S/C18H14ClN5O2/c1-11(17-22-21-16-8-4-5-9-24(16)17)20-18(25)14-10-15(26-23-14)12-6-2-3-7-13(12)19/h2-11H,1H3,(H,20,25)/t11-/m1/s1. The third-order valence-electron chi connectivity index (χ3n) is 3.96. The van der Waals surface area contributed by atoms with E-state index in [-0.39, 0.29) is 17.6 Å². The summed E-state index contributed by atoms with van der Waals surface area (Å²) < 4.78 is 7.09. The van der Waals surface area contributed by atoms with Crippen molar-refractivity contribution in [3.05, 3.63) is 71.3 Å². The molecule has 26 heavy (non-hydrogen) atoms. The summed E-state index contributed by atoms with van der Waals surface area (Å²) in [6.07, 6.45) is 1.85. The van der Waals surface area contributed by atoms with E-state index in [4.69, 9.17) is 16.1 Å². The Morgan fingerprint density at radius 2 is 2.00 bits per heavy atom. The molecule has 1 aromatic carbocycles. The van der Waals surface area contributed by atoms with Gasteiger partial charge in [0.1, 0.15) is 0 Å². The monoisotopic (exact) mass is 367 g/mol. The van der Waals surface area contributed by atoms with Gasteiger partial charge in [0.05, 0.1) is 11.1 Å². The molecule has 0 unspecified atom stereocenters. The number of hydrogen-bond donors (Lipinski definition) is 1. The van der Waals surface area contributed by atoms with E-state index in [0.29, 0.717) is 27.8 Å². The number of nitrogens with zero attached hydrogens (tertiary/aromatic N) is 4. The van der Waals surface area contributed by atoms with E-state index < -0.39 is 0 Å². The molecule has 0 aliphatic carbocycles. The van der Waals surface area contributed by atoms with Crippen molar-refractivity contribution in [2.24, 2.45) is 0 Å². The molecule has 0 saturated carbocycles. The maximum Gasteiger partial charge on any atom is 0.274 e. The minimum atomic E-state index is -0.368. The van der Waals surface area contributed by atoms with Crippen molar-refractivity contribution < 1.29 is 9.32 Å². The van der Waals surface area contributed by atoms with Gasteiger partial charge in [0.15, 0.2) is 22.9 Å². The highest BCUT2D eigenvalue weighted by Crippen LogP contribution is 2.28. The molecule has 7 nitrogen and oxygen atoms in total. The Kier molecular flexibility index (Phi) is 4.14. The molecule has 1 atom stereocenters. The van der Waals surface area contributed by atoms with Gasteiger partial charge in [-0.1, -0.05) is 35.0 Å². The van der Waals surface area contributed by atoms with Gasteiger partial charge in [-0.05, 0) is 31.2 Å². The van der Waals surface area contributed by atoms with Crippen LogP contribution in [0.5, 0.6) is 0 Å². The Bertz CT molecular complexity index is 1090. The zero-order chi connectivity index (χ0) is 18.1. The van der Waals surface area contributed by atoms with Gasteiger partial charge in [0, 0.05) is 17.8 Å². The molecule has 0 aliphatic heterocycles. The fourth-order valence-corrected chi connectivity index (χ4v) is 2.89. The number of rotatable bonds is 4. The second-order valence-electron chi connectivity index (χ2n) is 5.74. The molecule has 4 aromatic rings. The van der Waals surface area contributed by atoms with Crippen LogP contribution in [-0.2, 0) is 0 Å². The first-order valence-electron chi connectivity index (χ1n) is 7.95. The average Bonchev–Trinajstić information content (AvgIpc) is 3.29. The highest BCUT2D eigenvalue weighted by molar-refractivity contribution is 6.33. The lowest BCUT2D eigenvalue weighted by atomic mass is 10.1. The third-order valence-corrected chi connectivity index (χ3v) is 4.29. The summed E-state index contributed by atoms with van der Waals surface area (Å²) in [5.74, 6) is 0.692. The number of nitrogens with one attached hydrogen (secondary N) is 1. The van der Waals surface area contributed by atoms with Gasteiger partial charge < -0.3 is 9.84 Å². The Morgan fingerprint density at radius 3 is 2.85 bits per heavy atom. The zero-order valence-electron chi connectivity index (χ0n) is 13.8. The number of carbonyl (C=O) groups excluding carboxylic acids is 1. The first kappa shape index (κ1) is 16.3. The van der Waals surface area contributed by atoms with E-state index in [0.717, 1.165) is 0 Å². The number of hydrogen-bond acceptors (Lipinski definition) is 5. The Morgan fingerprint density at radius 1 is 1.19 bits per heavy atom. The Labute approximate surface area is 153 Å². The van der Waals surface area contributed by atoms with Crippen molar-refractivity contribution in [3.8, 4) is 11.3 Å². The van der Waals surface area contributed by atoms with E-state index in [1.807, 2.05) is 47.9 Å². The first-order chi connectivity index (χ1) is 12.6. The predicted molar refractivity (Wildman–Crippen MR) is 95.8 cm³/mol. The summed E-state index contributed by atoms with van der Waals surface area (Å²) in [5, 5.41) is 15.5. The van der Waals surface area contributed by atoms with Crippen LogP contribution in [-0.4, -0.2) is 25.7 Å². The van der Waals surface area contributed by atoms with Gasteiger partial charge in [-0.15, -0.1) is 10.2 Å². The SMILES string of the molecule is C[C@@H](NC(=O)c1cc(-c2ccccc2Cl)on1)c1nnc2ccccn12. The van der Waals surface area contributed by atoms with Crippen LogP contribution in [0.2, 0.25) is 5.02 Å². The summed E-state index contributed by atoms with van der Waals surface area (Å²) in [4.78, 5) is 12.5. The summed E-state index contributed by atoms with van der Waals surface area (Å²) >= 11 is 6.15. The quantitative estimate of drug-likeness (QED) is 0.596. The summed E-state index contributed by atoms with van der Waals surface area (Å²) in [6, 6.07) is 14.0. The fourth-order valence-electron chi connectivity index (χ4n) is 2.66. The van der Waals surface area contributed by atoms with Gasteiger partial charge in [0.25, 0.3) is 5.91 Å². The molecule has 1 amide bonds. The lowest BCUT2D eigenvalue weighted by molar-refractivity contribution is 0.0929. The lowest BCUT2D eigenvalue weighted by Gasteiger charge is -2.10. The van der Waals surface area contributed by atoms with Crippen molar-refractivity contribution >= 4 is 23.2 Å². The molecule has 0 radical (unpaired) electrons. The molecule has 1 N–H and O–H groups in total. The van der Waals surface area contributed by atoms with Crippen molar-refractivity contribution in [2.45, 2.75) is 13.0 Å². The maximum atomic E-state index is 12.5. The molecule has 130 valence electrons. The van der Waals surface area contributed by atoms with Crippen molar-refractivity contribution in [2.75, 3.05) is 0 Å². The summed E-state index contributed by atoms with van der Waals surface area (Å²) in [5.41, 5.74) is 1.56. The largest absolute Gasteiger partial charge is 0.355 e. The number of aromatic nitrogens is 4. The second-order valence-corrected chi connectivity index (χ2v) is 6.15. The molecule has 0 bridgehead atoms. The molecule has 0 spiro atoms. The summed E-state index contributed by atoms with van der Waals surface area (Å²) in [6.45, 7) is 1.83. The van der Waals surface area contributed by atoms with Gasteiger partial charge >= 0.3 is 0 Å². The van der Waals surface area contributed by atoms with Crippen LogP contribution in [0.4, 0.5) is 0 Å². The number of carbonyl (C=O) groups is 1. The molecule has 0 fully saturated rings. The number of amides is 1. The van der Waals surface area contributed by atoms with Crippen molar-refractivity contribution in [1.82, 2.24) is 25.1 Å². The fraction of sp³-hybridized carbons (Fsp3) is 0.111. The molecular weight excluding hydrogens is 354 g/mol. The molecule has 0 aliphatic rings. The Balaban J connectivity index is 1.54. The van der Waals surface area contributed by atoms with Gasteiger partial charge in [0.2, 0.25) is 0 Å². The number of pyridine rings is 1. The maximum absolute atomic E-state index is 12.5. The number of halogens is 1. The van der Waals surface area contributed by atoms with Crippen LogP contribution in [0.15, 0.2) is 59.3 Å². The lowest BCUT2D eigenvalue weighted by Crippen LogP contribution is -2.28. The van der Waals surface area contributed by atoms with Crippen molar-refractivity contribution in [3.63, 3.8) is 0 Å². The van der Waals surface area contributed by atoms with Crippen molar-refractivity contribution in [1.29, 1.82) is 0 Å². The van der Waals surface area contributed by atoms with E-state index in [9.17, 15) is 4.79 Å². The predicted octanol–water partition coefficient (Wildman–Crippen LogP) is 3.53. The molecule has 4 rings (SSSR count). The second kappa shape index (κ2) is 6.61. The van der Waals surface area contributed by atoms with E-state index in [1.54, 1.807) is 18.2 Å². The van der Waals surface area contributed by atoms with E-state index in [1.165, 1.54) is 0 Å². The smallest absolute Gasteiger partial charge is 0.274 e. The molecule has 3 heterocycles. The van der Waals surface area contributed by atoms with Crippen LogP contribution < -0.4 is 5.32 Å². The third kappa shape index (κ3) is 2.93. The van der Waals surface area contributed by atoms with Crippen LogP contribution in [0, 0.1) is 0 Å². The summed E-state index contributed by atoms with van der Waals surface area (Å²) in [7, 11) is 0. The van der Waals surface area contributed by atoms with Gasteiger partial charge in [-0.25, -0.2) is 0 Å². The number of fused-ring (bicyclic) bond motifs is 1. The number of benzene rings is 1. The average molecular weight is 368 g/mol. The van der Waals surface area contributed by atoms with Crippen LogP contribution >= 0.6 is 11.6 Å². The molecule has 3 aromatic heterocycles. The minimum Gasteiger partial charge on any atom is -0.355 e. The highest BCUT2D eigenvalue weighted by atomic mass is 35.5. The minimum absolute atomic E-state index is 0.167. The van der Waals surface area contributed by atoms with E-state index in [2.05, 4.69) is 20.7 Å². The van der Waals surface area contributed by atoms with Crippen LogP contribution in [0.3, 0.4) is 0 Å². The normalized spacial score (nSPS) is 12.2. The Hall–Kier alpha value is -3.19. The first-order valence-corrected chi connectivity index (χ1v) is 8.33. The van der Waals surface area contributed by atoms with Gasteiger partial charge in [-0.2, -0.15) is 0 Å². The van der Waals surface area contributed by atoms with Crippen LogP contribution in [0.1, 0.15) is 29.3 Å².